The molecule has 0 aliphatic carbocycles. The summed E-state index contributed by atoms with van der Waals surface area (Å²) in [6, 6.07) is 5.47. The fourth-order valence-electron chi connectivity index (χ4n) is 1.84. The maximum Gasteiger partial charge on any atom is 0.165 e. The number of benzene rings is 1. The van der Waals surface area contributed by atoms with Crippen LogP contribution in [0.1, 0.15) is 44.3 Å². The average molecular weight is 296 g/mol. The second-order valence-electron chi connectivity index (χ2n) is 4.87. The average Bonchev–Trinajstić information content (AvgIpc) is 2.85. The maximum absolute atomic E-state index is 9.50. The van der Waals surface area contributed by atoms with Crippen molar-refractivity contribution >= 4 is 11.6 Å². The lowest BCUT2D eigenvalue weighted by molar-refractivity contribution is 0.199. The lowest BCUT2D eigenvalue weighted by atomic mass is 10.1. The summed E-state index contributed by atoms with van der Waals surface area (Å²) in [5.74, 6) is 1.31. The fourth-order valence-corrected chi connectivity index (χ4v) is 2.09. The van der Waals surface area contributed by atoms with Crippen molar-refractivity contribution in [3.8, 4) is 5.75 Å². The number of aromatic nitrogens is 3. The molecule has 0 radical (unpaired) electrons. The number of nitrogens with zero attached hydrogens (tertiary/aromatic N) is 3. The number of aliphatic hydroxyl groups is 1. The molecule has 20 heavy (non-hydrogen) atoms. The molecular formula is C14H18ClN3O2. The lowest BCUT2D eigenvalue weighted by Gasteiger charge is -2.12. The molecule has 0 fully saturated rings. The highest BCUT2D eigenvalue weighted by Crippen LogP contribution is 2.28. The number of ether oxygens (including phenoxy) is 1. The van der Waals surface area contributed by atoms with Gasteiger partial charge in [0.2, 0.25) is 0 Å². The van der Waals surface area contributed by atoms with E-state index in [0.717, 1.165) is 11.4 Å². The quantitative estimate of drug-likeness (QED) is 0.920. The summed E-state index contributed by atoms with van der Waals surface area (Å²) in [6.07, 6.45) is 0.960. The number of aliphatic hydroxyl groups excluding tert-OH is 1. The number of halogens is 1. The fraction of sp³-hybridized carbons (Fsp3) is 0.429. The van der Waals surface area contributed by atoms with Crippen LogP contribution in [-0.2, 0) is 6.61 Å². The molecule has 2 rings (SSSR count). The van der Waals surface area contributed by atoms with Gasteiger partial charge in [0.05, 0.1) is 11.1 Å². The monoisotopic (exact) mass is 295 g/mol. The molecule has 0 saturated heterocycles. The highest BCUT2D eigenvalue weighted by Gasteiger charge is 2.10. The van der Waals surface area contributed by atoms with E-state index in [2.05, 4.69) is 10.1 Å². The first-order chi connectivity index (χ1) is 9.49. The second-order valence-corrected chi connectivity index (χ2v) is 5.28. The molecule has 1 aromatic carbocycles. The van der Waals surface area contributed by atoms with Crippen molar-refractivity contribution in [1.82, 2.24) is 14.8 Å². The van der Waals surface area contributed by atoms with Crippen LogP contribution in [0, 0.1) is 0 Å². The SMILES string of the molecule is CC(C)n1ncnc1COc1ccc([C@H](C)O)cc1Cl. The molecule has 1 heterocycles. The van der Waals surface area contributed by atoms with Crippen molar-refractivity contribution in [2.45, 2.75) is 39.5 Å². The molecule has 0 bridgehead atoms. The number of rotatable bonds is 5. The molecule has 0 spiro atoms. The first-order valence-corrected chi connectivity index (χ1v) is 6.85. The zero-order valence-corrected chi connectivity index (χ0v) is 12.5. The minimum Gasteiger partial charge on any atom is -0.484 e. The smallest absolute Gasteiger partial charge is 0.165 e. The van der Waals surface area contributed by atoms with Gasteiger partial charge in [0.25, 0.3) is 0 Å². The summed E-state index contributed by atoms with van der Waals surface area (Å²) in [5.41, 5.74) is 0.757. The van der Waals surface area contributed by atoms with Gasteiger partial charge in [-0.05, 0) is 38.5 Å². The van der Waals surface area contributed by atoms with E-state index < -0.39 is 6.10 Å². The van der Waals surface area contributed by atoms with E-state index in [9.17, 15) is 5.11 Å². The standard InChI is InChI=1S/C14H18ClN3O2/c1-9(2)18-14(16-8-17-18)7-20-13-5-4-11(10(3)19)6-12(13)15/h4-6,8-10,19H,7H2,1-3H3/t10-/m0/s1. The number of hydrogen-bond acceptors (Lipinski definition) is 4. The normalized spacial score (nSPS) is 12.7. The molecule has 0 amide bonds. The molecule has 0 aliphatic rings. The summed E-state index contributed by atoms with van der Waals surface area (Å²) in [5, 5.41) is 14.1. The van der Waals surface area contributed by atoms with Crippen LogP contribution in [0.2, 0.25) is 5.02 Å². The van der Waals surface area contributed by atoms with Gasteiger partial charge in [-0.15, -0.1) is 0 Å². The van der Waals surface area contributed by atoms with Gasteiger partial charge in [-0.2, -0.15) is 5.10 Å². The van der Waals surface area contributed by atoms with Crippen LogP contribution in [0.4, 0.5) is 0 Å². The first kappa shape index (κ1) is 14.8. The van der Waals surface area contributed by atoms with E-state index in [-0.39, 0.29) is 6.04 Å². The van der Waals surface area contributed by atoms with Crippen LogP contribution in [0.3, 0.4) is 0 Å². The van der Waals surface area contributed by atoms with Crippen molar-refractivity contribution in [2.75, 3.05) is 0 Å². The summed E-state index contributed by atoms with van der Waals surface area (Å²) in [4.78, 5) is 4.17. The van der Waals surface area contributed by atoms with Crippen molar-refractivity contribution in [2.24, 2.45) is 0 Å². The Balaban J connectivity index is 2.09. The third kappa shape index (κ3) is 3.29. The van der Waals surface area contributed by atoms with E-state index in [4.69, 9.17) is 16.3 Å². The van der Waals surface area contributed by atoms with Gasteiger partial charge in [0, 0.05) is 6.04 Å². The molecule has 6 heteroatoms. The van der Waals surface area contributed by atoms with Gasteiger partial charge < -0.3 is 9.84 Å². The third-order valence-corrected chi connectivity index (χ3v) is 3.23. The zero-order chi connectivity index (χ0) is 14.7. The largest absolute Gasteiger partial charge is 0.484 e. The number of hydrogen-bond donors (Lipinski definition) is 1. The Hall–Kier alpha value is -1.59. The van der Waals surface area contributed by atoms with Crippen LogP contribution >= 0.6 is 11.6 Å². The first-order valence-electron chi connectivity index (χ1n) is 6.47. The zero-order valence-electron chi connectivity index (χ0n) is 11.7. The molecule has 1 N–H and O–H groups in total. The topological polar surface area (TPSA) is 60.2 Å². The molecule has 0 unspecified atom stereocenters. The van der Waals surface area contributed by atoms with Crippen LogP contribution in [0.15, 0.2) is 24.5 Å². The van der Waals surface area contributed by atoms with Gasteiger partial charge in [-0.1, -0.05) is 17.7 Å². The Kier molecular flexibility index (Phi) is 4.62. The highest BCUT2D eigenvalue weighted by molar-refractivity contribution is 6.32. The summed E-state index contributed by atoms with van der Waals surface area (Å²) < 4.78 is 7.47. The highest BCUT2D eigenvalue weighted by atomic mass is 35.5. The Morgan fingerprint density at radius 2 is 2.10 bits per heavy atom. The van der Waals surface area contributed by atoms with E-state index in [1.807, 2.05) is 13.8 Å². The van der Waals surface area contributed by atoms with Crippen molar-refractivity contribution in [3.63, 3.8) is 0 Å². The Morgan fingerprint density at radius 3 is 2.70 bits per heavy atom. The van der Waals surface area contributed by atoms with Gasteiger partial charge in [-0.3, -0.25) is 0 Å². The van der Waals surface area contributed by atoms with Crippen molar-refractivity contribution < 1.29 is 9.84 Å². The molecule has 0 aliphatic heterocycles. The minimum absolute atomic E-state index is 0.226. The lowest BCUT2D eigenvalue weighted by Crippen LogP contribution is -2.10. The summed E-state index contributed by atoms with van der Waals surface area (Å²) in [6.45, 7) is 6.05. The Morgan fingerprint density at radius 1 is 1.35 bits per heavy atom. The van der Waals surface area contributed by atoms with E-state index in [1.165, 1.54) is 6.33 Å². The minimum atomic E-state index is -0.550. The summed E-state index contributed by atoms with van der Waals surface area (Å²) in [7, 11) is 0. The Bertz CT molecular complexity index is 582. The van der Waals surface area contributed by atoms with Crippen LogP contribution in [-0.4, -0.2) is 19.9 Å². The molecule has 108 valence electrons. The predicted octanol–water partition coefficient (Wildman–Crippen LogP) is 3.14. The van der Waals surface area contributed by atoms with Gasteiger partial charge >= 0.3 is 0 Å². The molecule has 1 atom stereocenters. The molecule has 2 aromatic rings. The molecule has 5 nitrogen and oxygen atoms in total. The predicted molar refractivity (Wildman–Crippen MR) is 76.8 cm³/mol. The van der Waals surface area contributed by atoms with E-state index in [1.54, 1.807) is 29.8 Å². The maximum atomic E-state index is 9.50. The van der Waals surface area contributed by atoms with Crippen molar-refractivity contribution in [1.29, 1.82) is 0 Å². The Labute approximate surface area is 123 Å². The van der Waals surface area contributed by atoms with Crippen LogP contribution < -0.4 is 4.74 Å². The van der Waals surface area contributed by atoms with Gasteiger partial charge in [0.1, 0.15) is 18.7 Å². The third-order valence-electron chi connectivity index (χ3n) is 2.93. The van der Waals surface area contributed by atoms with Crippen molar-refractivity contribution in [3.05, 3.63) is 40.9 Å². The van der Waals surface area contributed by atoms with Gasteiger partial charge in [-0.25, -0.2) is 9.67 Å². The summed E-state index contributed by atoms with van der Waals surface area (Å²) >= 11 is 6.14. The van der Waals surface area contributed by atoms with E-state index >= 15 is 0 Å². The van der Waals surface area contributed by atoms with Gasteiger partial charge in [0.15, 0.2) is 5.82 Å². The van der Waals surface area contributed by atoms with Crippen LogP contribution in [0.5, 0.6) is 5.75 Å². The molecule has 1 aromatic heterocycles. The van der Waals surface area contributed by atoms with E-state index in [0.29, 0.717) is 17.4 Å². The molecule has 0 saturated carbocycles. The molecular weight excluding hydrogens is 278 g/mol. The van der Waals surface area contributed by atoms with Crippen LogP contribution in [0.25, 0.3) is 0 Å². The second kappa shape index (κ2) is 6.24.